The summed E-state index contributed by atoms with van der Waals surface area (Å²) in [4.78, 5) is 55.8. The van der Waals surface area contributed by atoms with E-state index < -0.39 is 53.3 Å². The van der Waals surface area contributed by atoms with Crippen molar-refractivity contribution in [1.29, 1.82) is 0 Å². The monoisotopic (exact) mass is 805 g/mol. The number of methoxy groups -OCH3 is 1. The number of imidazole rings is 1. The van der Waals surface area contributed by atoms with Gasteiger partial charge in [-0.2, -0.15) is 0 Å². The van der Waals surface area contributed by atoms with E-state index in [0.29, 0.717) is 34.0 Å². The van der Waals surface area contributed by atoms with Gasteiger partial charge in [-0.15, -0.1) is 0 Å². The summed E-state index contributed by atoms with van der Waals surface area (Å²) in [7, 11) is 1.60. The lowest BCUT2D eigenvalue weighted by molar-refractivity contribution is -0.178. The van der Waals surface area contributed by atoms with Crippen molar-refractivity contribution in [2.45, 2.75) is 36.2 Å². The summed E-state index contributed by atoms with van der Waals surface area (Å²) in [6.45, 7) is 0.00233. The summed E-state index contributed by atoms with van der Waals surface area (Å²) in [5.74, 6) is 4.80. The second kappa shape index (κ2) is 15.2. The Morgan fingerprint density at radius 3 is 2.20 bits per heavy atom. The molecule has 300 valence electrons. The minimum Gasteiger partial charge on any atom is -0.508 e. The number of aromatic amines is 1. The van der Waals surface area contributed by atoms with E-state index in [0.717, 1.165) is 27.7 Å². The number of benzene rings is 6. The van der Waals surface area contributed by atoms with Crippen LogP contribution in [0.1, 0.15) is 57.4 Å². The number of anilines is 1. The van der Waals surface area contributed by atoms with Crippen molar-refractivity contribution >= 4 is 34.5 Å². The van der Waals surface area contributed by atoms with Crippen LogP contribution in [0.3, 0.4) is 0 Å². The van der Waals surface area contributed by atoms with Gasteiger partial charge in [0.05, 0.1) is 42.7 Å². The van der Waals surface area contributed by atoms with Crippen LogP contribution in [0.5, 0.6) is 11.5 Å². The van der Waals surface area contributed by atoms with Crippen LogP contribution in [0.4, 0.5) is 5.69 Å². The summed E-state index contributed by atoms with van der Waals surface area (Å²) < 4.78 is 11.8. The lowest BCUT2D eigenvalue weighted by Gasteiger charge is -2.46. The van der Waals surface area contributed by atoms with Crippen molar-refractivity contribution in [1.82, 2.24) is 20.2 Å². The molecule has 3 aliphatic rings. The molecule has 10 rings (SSSR count). The molecule has 6 atom stereocenters. The van der Waals surface area contributed by atoms with Crippen LogP contribution in [-0.2, 0) is 31.1 Å². The number of hydrogen-bond acceptors (Lipinski definition) is 8. The number of phenolic OH excluding ortho intramolecular Hbond substituents is 1. The molecule has 1 aromatic heterocycles. The van der Waals surface area contributed by atoms with Gasteiger partial charge in [0.25, 0.3) is 0 Å². The van der Waals surface area contributed by atoms with Crippen LogP contribution in [0.15, 0.2) is 152 Å². The van der Waals surface area contributed by atoms with Crippen molar-refractivity contribution in [3.63, 3.8) is 0 Å². The number of amides is 2. The van der Waals surface area contributed by atoms with Gasteiger partial charge in [-0.25, -0.2) is 4.98 Å². The van der Waals surface area contributed by atoms with E-state index >= 15 is 14.4 Å². The highest BCUT2D eigenvalue weighted by atomic mass is 16.6. The van der Waals surface area contributed by atoms with Gasteiger partial charge in [0.15, 0.2) is 0 Å². The number of fused-ring (bicyclic) bond motifs is 4. The zero-order valence-corrected chi connectivity index (χ0v) is 32.9. The molecule has 7 aromatic rings. The first-order chi connectivity index (χ1) is 29.8. The van der Waals surface area contributed by atoms with Gasteiger partial charge in [0.2, 0.25) is 11.8 Å². The Bertz CT molecular complexity index is 2840. The van der Waals surface area contributed by atoms with E-state index in [1.807, 2.05) is 126 Å². The van der Waals surface area contributed by atoms with Crippen molar-refractivity contribution in [3.05, 3.63) is 191 Å². The van der Waals surface area contributed by atoms with Gasteiger partial charge in [0, 0.05) is 16.8 Å². The summed E-state index contributed by atoms with van der Waals surface area (Å²) in [5, 5.41) is 16.8. The summed E-state index contributed by atoms with van der Waals surface area (Å²) in [6.07, 6.45) is -0.813. The van der Waals surface area contributed by atoms with Crippen LogP contribution < -0.4 is 15.4 Å². The summed E-state index contributed by atoms with van der Waals surface area (Å²) >= 11 is 0. The first-order valence-electron chi connectivity index (χ1n) is 20.0. The number of ether oxygens (including phenoxy) is 2. The molecule has 2 fully saturated rings. The smallest absolute Gasteiger partial charge is 0.324 e. The van der Waals surface area contributed by atoms with E-state index in [9.17, 15) is 5.11 Å². The maximum Gasteiger partial charge on any atom is 0.324 e. The Morgan fingerprint density at radius 1 is 0.803 bits per heavy atom. The van der Waals surface area contributed by atoms with Crippen molar-refractivity contribution in [3.8, 4) is 23.3 Å². The zero-order chi connectivity index (χ0) is 41.7. The average molecular weight is 806 g/mol. The number of morpholine rings is 1. The number of H-pyrrole nitrogens is 1. The molecule has 6 unspecified atom stereocenters. The van der Waals surface area contributed by atoms with Crippen LogP contribution in [0.25, 0.3) is 11.0 Å². The molecule has 0 saturated carbocycles. The highest BCUT2D eigenvalue weighted by molar-refractivity contribution is 6.12. The number of aromatic nitrogens is 2. The number of phenols is 1. The normalized spacial score (nSPS) is 22.7. The van der Waals surface area contributed by atoms with E-state index in [4.69, 9.17) is 9.47 Å². The maximum absolute atomic E-state index is 15.4. The molecular weight excluding hydrogens is 767 g/mol. The van der Waals surface area contributed by atoms with Gasteiger partial charge < -0.3 is 30.2 Å². The Hall–Kier alpha value is -7.68. The number of para-hydroxylation sites is 2. The predicted octanol–water partition coefficient (Wildman–Crippen LogP) is 7.26. The highest BCUT2D eigenvalue weighted by Gasteiger charge is 2.74. The zero-order valence-electron chi connectivity index (χ0n) is 32.9. The van der Waals surface area contributed by atoms with Gasteiger partial charge in [-0.1, -0.05) is 96.8 Å². The van der Waals surface area contributed by atoms with E-state index in [2.05, 4.69) is 32.4 Å². The molecule has 11 heteroatoms. The number of hydrogen-bond donors (Lipinski definition) is 4. The van der Waals surface area contributed by atoms with E-state index in [-0.39, 0.29) is 12.3 Å². The molecule has 0 radical (unpaired) electrons. The molecule has 6 aromatic carbocycles. The summed E-state index contributed by atoms with van der Waals surface area (Å²) in [5.41, 5.74) is 4.42. The minimum absolute atomic E-state index is 0.00233. The molecule has 4 N–H and O–H groups in total. The Kier molecular flexibility index (Phi) is 9.34. The number of nitrogens with one attached hydrogen (secondary N) is 3. The Balaban J connectivity index is 1.19. The van der Waals surface area contributed by atoms with E-state index in [1.54, 1.807) is 37.4 Å². The predicted molar refractivity (Wildman–Crippen MR) is 228 cm³/mol. The second-order valence-electron chi connectivity index (χ2n) is 15.5. The van der Waals surface area contributed by atoms with Gasteiger partial charge in [0.1, 0.15) is 34.9 Å². The van der Waals surface area contributed by atoms with Crippen LogP contribution >= 0.6 is 0 Å². The Morgan fingerprint density at radius 2 is 1.48 bits per heavy atom. The lowest BCUT2D eigenvalue weighted by atomic mass is 9.65. The first kappa shape index (κ1) is 37.6. The number of aromatic hydroxyl groups is 1. The topological polar surface area (TPSA) is 146 Å². The molecule has 61 heavy (non-hydrogen) atoms. The molecule has 3 aliphatic heterocycles. The Labute approximate surface area is 351 Å². The van der Waals surface area contributed by atoms with E-state index in [1.165, 1.54) is 0 Å². The van der Waals surface area contributed by atoms with Crippen molar-refractivity contribution in [2.24, 2.45) is 5.92 Å². The molecule has 0 bridgehead atoms. The molecule has 1 spiro atoms. The number of carbonyl (C=O) groups is 3. The fraction of sp³-hybridized carbons (Fsp3) is 0.160. The number of esters is 1. The highest BCUT2D eigenvalue weighted by Crippen LogP contribution is 2.64. The van der Waals surface area contributed by atoms with Gasteiger partial charge in [-0.3, -0.25) is 19.3 Å². The molecule has 4 heterocycles. The van der Waals surface area contributed by atoms with Crippen molar-refractivity contribution < 1.29 is 29.0 Å². The number of carbonyl (C=O) groups excluding carboxylic acids is 3. The minimum atomic E-state index is -1.72. The quantitative estimate of drug-likeness (QED) is 0.0973. The van der Waals surface area contributed by atoms with Crippen LogP contribution in [0, 0.1) is 17.8 Å². The standard InChI is InChI=1S/C50H39N5O6/c1-60-36-25-18-30(19-26-36)16-17-31-20-27-38-37(28-31)50(49(59)54-38)42(47(57)51-29-41-52-39-14-8-9-15-40(39)53-41)44-48(58)61-45(33-12-6-3-7-13-33)43(32-10-4-2-5-11-32)55(44)46(50)34-21-23-35(56)24-22-34/h2-15,18-28,42-46,56H,29H2,1H3,(H,51,57)(H,52,53)(H,54,59). The lowest BCUT2D eigenvalue weighted by Crippen LogP contribution is -2.54. The third kappa shape index (κ3) is 6.36. The number of nitrogens with zero attached hydrogens (tertiary/aromatic N) is 2. The number of rotatable bonds is 7. The number of cyclic esters (lactones) is 1. The van der Waals surface area contributed by atoms with Gasteiger partial charge in [-0.05, 0) is 89.0 Å². The molecule has 2 amide bonds. The second-order valence-corrected chi connectivity index (χ2v) is 15.5. The summed E-state index contributed by atoms with van der Waals surface area (Å²) in [6, 6.07) is 43.5. The van der Waals surface area contributed by atoms with Crippen LogP contribution in [0.2, 0.25) is 0 Å². The SMILES string of the molecule is COc1ccc(C#Cc2ccc3c(c2)C2(C(=O)N3)C(C(=O)NCc3nc4ccccc4[nH]3)C3C(=O)OC(c4ccccc4)C(c4ccccc4)N3C2c2ccc(O)cc2)cc1. The van der Waals surface area contributed by atoms with Crippen LogP contribution in [-0.4, -0.2) is 50.9 Å². The maximum atomic E-state index is 15.4. The molecule has 0 aliphatic carbocycles. The third-order valence-electron chi connectivity index (χ3n) is 12.1. The fourth-order valence-corrected chi connectivity index (χ4v) is 9.52. The van der Waals surface area contributed by atoms with Gasteiger partial charge >= 0.3 is 5.97 Å². The largest absolute Gasteiger partial charge is 0.508 e. The van der Waals surface area contributed by atoms with Crippen molar-refractivity contribution in [2.75, 3.05) is 12.4 Å². The molecule has 11 nitrogen and oxygen atoms in total. The average Bonchev–Trinajstić information content (AvgIpc) is 3.96. The third-order valence-corrected chi connectivity index (χ3v) is 12.1. The molecular formula is C50H39N5O6. The first-order valence-corrected chi connectivity index (χ1v) is 20.0. The fourth-order valence-electron chi connectivity index (χ4n) is 9.52. The molecule has 2 saturated heterocycles.